The van der Waals surface area contributed by atoms with Crippen LogP contribution in [0.4, 0.5) is 5.69 Å². The highest BCUT2D eigenvalue weighted by atomic mass is 35.5. The topological polar surface area (TPSA) is 38.7 Å². The molecular weight excluding hydrogens is 349 g/mol. The van der Waals surface area contributed by atoms with Crippen molar-refractivity contribution >= 4 is 67.1 Å². The molecule has 0 amide bonds. The van der Waals surface area contributed by atoms with Crippen molar-refractivity contribution < 1.29 is 9.53 Å². The van der Waals surface area contributed by atoms with Gasteiger partial charge in [-0.25, -0.2) is 9.79 Å². The van der Waals surface area contributed by atoms with Crippen LogP contribution in [0.2, 0.25) is 14.4 Å². The number of methoxy groups -OCH3 is 1. The Morgan fingerprint density at radius 1 is 1.26 bits per heavy atom. The molecule has 0 unspecified atom stereocenters. The number of hydrogen-bond acceptors (Lipinski definition) is 5. The van der Waals surface area contributed by atoms with E-state index in [4.69, 9.17) is 34.8 Å². The second-order valence-electron chi connectivity index (χ2n) is 3.33. The maximum atomic E-state index is 11.3. The lowest BCUT2D eigenvalue weighted by molar-refractivity contribution is 0.0601. The van der Waals surface area contributed by atoms with Gasteiger partial charge in [0.15, 0.2) is 0 Å². The second-order valence-corrected chi connectivity index (χ2v) is 6.84. The van der Waals surface area contributed by atoms with Gasteiger partial charge < -0.3 is 4.74 Å². The van der Waals surface area contributed by atoms with Gasteiger partial charge in [-0.3, -0.25) is 0 Å². The number of carbonyl (C=O) groups excluding carboxylic acids is 1. The summed E-state index contributed by atoms with van der Waals surface area (Å²) in [5, 5.41) is 0.748. The molecule has 0 saturated heterocycles. The Labute approximate surface area is 131 Å². The van der Waals surface area contributed by atoms with Crippen molar-refractivity contribution in [2.24, 2.45) is 4.99 Å². The zero-order chi connectivity index (χ0) is 14.0. The van der Waals surface area contributed by atoms with Crippen LogP contribution < -0.4 is 4.67 Å². The summed E-state index contributed by atoms with van der Waals surface area (Å²) >= 11 is 17.9. The van der Waals surface area contributed by atoms with E-state index in [9.17, 15) is 4.79 Å². The van der Waals surface area contributed by atoms with Crippen molar-refractivity contribution in [1.82, 2.24) is 0 Å². The third kappa shape index (κ3) is 3.30. The Kier molecular flexibility index (Phi) is 4.86. The van der Waals surface area contributed by atoms with Crippen LogP contribution in [-0.4, -0.2) is 13.1 Å². The largest absolute Gasteiger partial charge is 0.465 e. The zero-order valence-electron chi connectivity index (χ0n) is 9.45. The molecule has 0 aliphatic carbocycles. The summed E-state index contributed by atoms with van der Waals surface area (Å²) in [5.41, 5.74) is 0.881. The predicted octanol–water partition coefficient (Wildman–Crippen LogP) is 4.79. The Morgan fingerprint density at radius 2 is 2.00 bits per heavy atom. The first-order chi connectivity index (χ1) is 9.02. The molecule has 1 aromatic heterocycles. The first-order valence-electron chi connectivity index (χ1n) is 4.89. The van der Waals surface area contributed by atoms with Gasteiger partial charge in [0, 0.05) is 0 Å². The van der Waals surface area contributed by atoms with Crippen molar-refractivity contribution in [3.8, 4) is 0 Å². The number of nitrogens with zero attached hydrogens (tertiary/aromatic N) is 1. The number of esters is 1. The van der Waals surface area contributed by atoms with Crippen LogP contribution in [-0.2, 0) is 4.74 Å². The Bertz CT molecular complexity index is 693. The quantitative estimate of drug-likeness (QED) is 0.574. The molecule has 0 aliphatic rings. The molecule has 2 aromatic rings. The highest BCUT2D eigenvalue weighted by Crippen LogP contribution is 2.30. The summed E-state index contributed by atoms with van der Waals surface area (Å²) < 4.78 is 5.69. The third-order valence-corrected chi connectivity index (χ3v) is 5.94. The van der Waals surface area contributed by atoms with Crippen LogP contribution in [0.3, 0.4) is 0 Å². The summed E-state index contributed by atoms with van der Waals surface area (Å²) in [4.78, 5) is 15.7. The first kappa shape index (κ1) is 14.8. The number of benzene rings is 1. The van der Waals surface area contributed by atoms with Crippen molar-refractivity contribution in [3.05, 3.63) is 42.8 Å². The minimum Gasteiger partial charge on any atom is -0.465 e. The monoisotopic (exact) mass is 353 g/mol. The third-order valence-electron chi connectivity index (χ3n) is 2.14. The number of carbonyl (C=O) groups is 1. The van der Waals surface area contributed by atoms with Crippen LogP contribution in [0.15, 0.2) is 23.2 Å². The molecule has 1 aromatic carbocycles. The van der Waals surface area contributed by atoms with Crippen molar-refractivity contribution in [2.45, 2.75) is 0 Å². The zero-order valence-corrected chi connectivity index (χ0v) is 13.3. The molecule has 0 aliphatic heterocycles. The van der Waals surface area contributed by atoms with Gasteiger partial charge in [0.25, 0.3) is 0 Å². The molecule has 8 heteroatoms. The molecule has 3 nitrogen and oxygen atoms in total. The average molecular weight is 355 g/mol. The van der Waals surface area contributed by atoms with Gasteiger partial charge in [-0.2, -0.15) is 0 Å². The Hall–Kier alpha value is -0.590. The van der Waals surface area contributed by atoms with E-state index in [0.29, 0.717) is 30.3 Å². The van der Waals surface area contributed by atoms with Crippen molar-refractivity contribution in [3.63, 3.8) is 0 Å². The molecule has 0 saturated carbocycles. The number of halogens is 3. The maximum Gasteiger partial charge on any atom is 0.337 e. The van der Waals surface area contributed by atoms with E-state index < -0.39 is 5.97 Å². The predicted molar refractivity (Wildman–Crippen MR) is 80.2 cm³/mol. The summed E-state index contributed by atoms with van der Waals surface area (Å²) in [6, 6.07) is 4.71. The molecule has 2 rings (SSSR count). The van der Waals surface area contributed by atoms with Crippen molar-refractivity contribution in [2.75, 3.05) is 7.11 Å². The average Bonchev–Trinajstić information content (AvgIpc) is 2.72. The number of ether oxygens (including phenoxy) is 1. The van der Waals surface area contributed by atoms with E-state index in [-0.39, 0.29) is 0 Å². The Morgan fingerprint density at radius 3 is 2.53 bits per heavy atom. The molecule has 0 atom stereocenters. The van der Waals surface area contributed by atoms with Gasteiger partial charge in [-0.05, 0) is 18.2 Å². The van der Waals surface area contributed by atoms with Gasteiger partial charge in [0.2, 0.25) is 0 Å². The van der Waals surface area contributed by atoms with E-state index in [0.717, 1.165) is 0 Å². The van der Waals surface area contributed by atoms with Crippen LogP contribution in [0, 0.1) is 0 Å². The fourth-order valence-corrected chi connectivity index (χ4v) is 4.22. The second kappa shape index (κ2) is 6.24. The van der Waals surface area contributed by atoms with E-state index in [1.54, 1.807) is 12.1 Å². The van der Waals surface area contributed by atoms with Gasteiger partial charge in [0.1, 0.15) is 14.0 Å². The normalized spacial score (nSPS) is 11.7. The molecule has 0 radical (unpaired) electrons. The molecule has 0 spiro atoms. The number of hydrogen-bond donors (Lipinski definition) is 0. The maximum absolute atomic E-state index is 11.3. The lowest BCUT2D eigenvalue weighted by Gasteiger charge is -2.01. The van der Waals surface area contributed by atoms with Crippen molar-refractivity contribution in [1.29, 1.82) is 0 Å². The van der Waals surface area contributed by atoms with Gasteiger partial charge in [0.05, 0.1) is 23.4 Å². The summed E-state index contributed by atoms with van der Waals surface area (Å²) in [6.45, 7) is 0. The van der Waals surface area contributed by atoms with E-state index in [1.807, 2.05) is 0 Å². The molecule has 0 bridgehead atoms. The minimum atomic E-state index is -0.451. The van der Waals surface area contributed by atoms with E-state index >= 15 is 0 Å². The molecule has 0 fully saturated rings. The van der Waals surface area contributed by atoms with Gasteiger partial charge in [-0.15, -0.1) is 0 Å². The van der Waals surface area contributed by atoms with Crippen LogP contribution >= 0.6 is 55.5 Å². The summed E-state index contributed by atoms with van der Waals surface area (Å²) in [6.07, 6.45) is 0. The van der Waals surface area contributed by atoms with Crippen LogP contribution in [0.1, 0.15) is 10.4 Å². The van der Waals surface area contributed by atoms with Crippen LogP contribution in [0.25, 0.3) is 0 Å². The number of rotatable bonds is 2. The van der Waals surface area contributed by atoms with E-state index in [2.05, 4.69) is 9.73 Å². The van der Waals surface area contributed by atoms with Gasteiger partial charge in [-0.1, -0.05) is 55.5 Å². The summed E-state index contributed by atoms with van der Waals surface area (Å²) in [7, 11) is 4.00. The molecular formula is C11H6Cl3NO2S2. The molecule has 1 heterocycles. The fourth-order valence-electron chi connectivity index (χ4n) is 1.25. The van der Waals surface area contributed by atoms with Gasteiger partial charge >= 0.3 is 5.97 Å². The standard InChI is InChI=1S/C11H6Cl3NO2S2/c1-17-11(16)5-2-3-7(6(12)4-5)15-10-8(13)9(14)18-19-10/h2-4H,1H3. The smallest absolute Gasteiger partial charge is 0.337 e. The molecule has 100 valence electrons. The summed E-state index contributed by atoms with van der Waals surface area (Å²) in [5.74, 6) is -0.451. The minimum absolute atomic E-state index is 0.341. The Balaban J connectivity index is 2.45. The molecule has 19 heavy (non-hydrogen) atoms. The lowest BCUT2D eigenvalue weighted by atomic mass is 10.2. The highest BCUT2D eigenvalue weighted by molar-refractivity contribution is 7.69. The fraction of sp³-hybridized carbons (Fsp3) is 0.0909. The van der Waals surface area contributed by atoms with Crippen LogP contribution in [0.5, 0.6) is 0 Å². The lowest BCUT2D eigenvalue weighted by Crippen LogP contribution is -2.00. The highest BCUT2D eigenvalue weighted by Gasteiger charge is 2.09. The first-order valence-corrected chi connectivity index (χ1v) is 8.18. The SMILES string of the molecule is COC(=O)c1ccc(N=c2ssc(Cl)c2Cl)c(Cl)c1. The molecule has 0 N–H and O–H groups in total. The van der Waals surface area contributed by atoms with E-state index in [1.165, 1.54) is 33.9 Å².